The molecule has 0 N–H and O–H groups in total. The Kier molecular flexibility index (Phi) is 4.13. The van der Waals surface area contributed by atoms with Gasteiger partial charge in [-0.15, -0.1) is 0 Å². The highest BCUT2D eigenvalue weighted by Gasteiger charge is 2.50. The zero-order valence-electron chi connectivity index (χ0n) is 15.6. The number of fused-ring (bicyclic) bond motifs is 1. The number of amides is 1. The van der Waals surface area contributed by atoms with Crippen molar-refractivity contribution in [3.8, 4) is 0 Å². The Morgan fingerprint density at radius 2 is 1.86 bits per heavy atom. The van der Waals surface area contributed by atoms with Gasteiger partial charge in [0.2, 0.25) is 0 Å². The molecule has 3 aromatic rings. The molecule has 1 unspecified atom stereocenters. The number of pyridine rings is 1. The van der Waals surface area contributed by atoms with E-state index in [0.29, 0.717) is 5.56 Å². The van der Waals surface area contributed by atoms with Crippen LogP contribution in [0.2, 0.25) is 0 Å². The van der Waals surface area contributed by atoms with E-state index < -0.39 is 0 Å². The molecule has 0 bridgehead atoms. The molecule has 1 spiro atoms. The Hall–Kier alpha value is -2.79. The lowest BCUT2D eigenvalue weighted by Gasteiger charge is -2.50. The summed E-state index contributed by atoms with van der Waals surface area (Å²) in [4.78, 5) is 21.9. The van der Waals surface area contributed by atoms with Crippen molar-refractivity contribution in [3.05, 3.63) is 77.7 Å². The highest BCUT2D eigenvalue weighted by atomic mass is 19.1. The van der Waals surface area contributed by atoms with Crippen LogP contribution >= 0.6 is 0 Å². The van der Waals surface area contributed by atoms with Gasteiger partial charge in [-0.05, 0) is 42.7 Å². The molecule has 3 heterocycles. The van der Waals surface area contributed by atoms with Crippen LogP contribution in [0.5, 0.6) is 0 Å². The third kappa shape index (κ3) is 2.96. The molecule has 2 aromatic carbocycles. The Bertz CT molecular complexity index is 1040. The number of nitrogens with zero attached hydrogens (tertiary/aromatic N) is 3. The maximum atomic E-state index is 13.2. The van der Waals surface area contributed by atoms with Crippen LogP contribution in [-0.4, -0.2) is 45.9 Å². The van der Waals surface area contributed by atoms with Gasteiger partial charge < -0.3 is 4.90 Å². The number of hydrogen-bond donors (Lipinski definition) is 0. The molecular formula is C23H22FN3O. The number of rotatable bonds is 3. The molecule has 0 saturated carbocycles. The van der Waals surface area contributed by atoms with Crippen LogP contribution in [0.25, 0.3) is 10.9 Å². The van der Waals surface area contributed by atoms with Gasteiger partial charge in [0.05, 0.1) is 11.1 Å². The Morgan fingerprint density at radius 1 is 1.07 bits per heavy atom. The zero-order chi connectivity index (χ0) is 19.1. The first-order chi connectivity index (χ1) is 13.6. The van der Waals surface area contributed by atoms with Crippen molar-refractivity contribution in [1.82, 2.24) is 14.8 Å². The molecule has 4 nitrogen and oxygen atoms in total. The number of halogens is 1. The van der Waals surface area contributed by atoms with Gasteiger partial charge in [-0.2, -0.15) is 0 Å². The van der Waals surface area contributed by atoms with Crippen molar-refractivity contribution in [3.63, 3.8) is 0 Å². The summed E-state index contributed by atoms with van der Waals surface area (Å²) in [6, 6.07) is 16.5. The Balaban J connectivity index is 1.30. The van der Waals surface area contributed by atoms with Gasteiger partial charge in [-0.3, -0.25) is 14.7 Å². The van der Waals surface area contributed by atoms with Crippen LogP contribution in [0, 0.1) is 5.82 Å². The fraction of sp³-hybridized carbons (Fsp3) is 0.304. The highest BCUT2D eigenvalue weighted by molar-refractivity contribution is 5.97. The monoisotopic (exact) mass is 375 g/mol. The third-order valence-electron chi connectivity index (χ3n) is 6.26. The number of benzene rings is 2. The van der Waals surface area contributed by atoms with Crippen LogP contribution in [0.15, 0.2) is 60.8 Å². The summed E-state index contributed by atoms with van der Waals surface area (Å²) < 4.78 is 13.2. The molecule has 2 aliphatic heterocycles. The summed E-state index contributed by atoms with van der Waals surface area (Å²) in [6.07, 6.45) is 3.78. The minimum Gasteiger partial charge on any atom is -0.337 e. The largest absolute Gasteiger partial charge is 0.337 e. The summed E-state index contributed by atoms with van der Waals surface area (Å²) in [7, 11) is 0. The first-order valence-corrected chi connectivity index (χ1v) is 9.77. The molecule has 0 radical (unpaired) electrons. The third-order valence-corrected chi connectivity index (χ3v) is 6.26. The first-order valence-electron chi connectivity index (χ1n) is 9.77. The Labute approximate surface area is 163 Å². The van der Waals surface area contributed by atoms with Crippen molar-refractivity contribution in [2.75, 3.05) is 19.6 Å². The van der Waals surface area contributed by atoms with Crippen LogP contribution in [0.1, 0.15) is 28.8 Å². The van der Waals surface area contributed by atoms with Crippen LogP contribution in [-0.2, 0) is 6.54 Å². The summed E-state index contributed by atoms with van der Waals surface area (Å²) in [5.41, 5.74) is 2.74. The van der Waals surface area contributed by atoms with E-state index in [4.69, 9.17) is 0 Å². The second kappa shape index (κ2) is 6.67. The normalized spacial score (nSPS) is 22.0. The van der Waals surface area contributed by atoms with Crippen molar-refractivity contribution in [2.45, 2.75) is 24.9 Å². The lowest BCUT2D eigenvalue weighted by atomic mass is 9.83. The van der Waals surface area contributed by atoms with Gasteiger partial charge in [0.15, 0.2) is 0 Å². The predicted molar refractivity (Wildman–Crippen MR) is 106 cm³/mol. The average molecular weight is 375 g/mol. The summed E-state index contributed by atoms with van der Waals surface area (Å²) >= 11 is 0. The fourth-order valence-electron chi connectivity index (χ4n) is 4.51. The summed E-state index contributed by atoms with van der Waals surface area (Å²) in [5.74, 6) is -0.146. The van der Waals surface area contributed by atoms with E-state index in [-0.39, 0.29) is 17.3 Å². The minimum atomic E-state index is -0.205. The maximum absolute atomic E-state index is 13.2. The standard InChI is InChI=1S/C23H22FN3O/c24-20-7-5-17(6-8-20)15-27-12-10-23(27)9-11-26(16-23)22(28)19-13-18-3-1-2-4-21(18)25-14-19/h1-8,13-14H,9-12,15-16H2. The lowest BCUT2D eigenvalue weighted by Crippen LogP contribution is -2.60. The van der Waals surface area contributed by atoms with E-state index in [9.17, 15) is 9.18 Å². The number of carbonyl (C=O) groups excluding carboxylic acids is 1. The number of carbonyl (C=O) groups is 1. The Morgan fingerprint density at radius 3 is 2.64 bits per heavy atom. The molecule has 1 aromatic heterocycles. The predicted octanol–water partition coefficient (Wildman–Crippen LogP) is 3.86. The highest BCUT2D eigenvalue weighted by Crippen LogP contribution is 2.40. The smallest absolute Gasteiger partial charge is 0.255 e. The second-order valence-electron chi connectivity index (χ2n) is 7.92. The van der Waals surface area contributed by atoms with Gasteiger partial charge in [0, 0.05) is 43.3 Å². The molecule has 1 amide bonds. The van der Waals surface area contributed by atoms with Crippen molar-refractivity contribution in [1.29, 1.82) is 0 Å². The SMILES string of the molecule is O=C(c1cnc2ccccc2c1)N1CCC2(CCN2Cc2ccc(F)cc2)C1. The number of aromatic nitrogens is 1. The van der Waals surface area contributed by atoms with Crippen LogP contribution < -0.4 is 0 Å². The summed E-state index contributed by atoms with van der Waals surface area (Å²) in [6.45, 7) is 3.35. The molecule has 2 aliphatic rings. The number of para-hydroxylation sites is 1. The molecule has 5 heteroatoms. The number of hydrogen-bond acceptors (Lipinski definition) is 3. The molecule has 142 valence electrons. The zero-order valence-corrected chi connectivity index (χ0v) is 15.6. The first kappa shape index (κ1) is 17.3. The van der Waals surface area contributed by atoms with Gasteiger partial charge in [-0.1, -0.05) is 30.3 Å². The quantitative estimate of drug-likeness (QED) is 0.697. The number of likely N-dealkylation sites (tertiary alicyclic amines) is 2. The molecule has 2 fully saturated rings. The van der Waals surface area contributed by atoms with Gasteiger partial charge in [0.1, 0.15) is 5.82 Å². The molecule has 28 heavy (non-hydrogen) atoms. The molecule has 1 atom stereocenters. The van der Waals surface area contributed by atoms with Gasteiger partial charge in [-0.25, -0.2) is 4.39 Å². The van der Waals surface area contributed by atoms with E-state index in [2.05, 4.69) is 9.88 Å². The van der Waals surface area contributed by atoms with E-state index >= 15 is 0 Å². The molecule has 0 aliphatic carbocycles. The fourth-order valence-corrected chi connectivity index (χ4v) is 4.51. The molecular weight excluding hydrogens is 353 g/mol. The van der Waals surface area contributed by atoms with E-state index in [0.717, 1.165) is 55.5 Å². The van der Waals surface area contributed by atoms with Crippen molar-refractivity contribution >= 4 is 16.8 Å². The second-order valence-corrected chi connectivity index (χ2v) is 7.92. The van der Waals surface area contributed by atoms with Crippen molar-refractivity contribution < 1.29 is 9.18 Å². The maximum Gasteiger partial charge on any atom is 0.255 e. The minimum absolute atomic E-state index is 0.0590. The average Bonchev–Trinajstić information content (AvgIpc) is 3.20. The van der Waals surface area contributed by atoms with E-state index in [1.54, 1.807) is 6.20 Å². The van der Waals surface area contributed by atoms with Gasteiger partial charge >= 0.3 is 0 Å². The van der Waals surface area contributed by atoms with Crippen molar-refractivity contribution in [2.24, 2.45) is 0 Å². The molecule has 2 saturated heterocycles. The van der Waals surface area contributed by atoms with E-state index in [1.807, 2.05) is 47.4 Å². The topological polar surface area (TPSA) is 36.4 Å². The van der Waals surface area contributed by atoms with Crippen LogP contribution in [0.3, 0.4) is 0 Å². The van der Waals surface area contributed by atoms with Crippen LogP contribution in [0.4, 0.5) is 4.39 Å². The van der Waals surface area contributed by atoms with Gasteiger partial charge in [0.25, 0.3) is 5.91 Å². The molecule has 5 rings (SSSR count). The lowest BCUT2D eigenvalue weighted by molar-refractivity contribution is -0.0131. The summed E-state index contributed by atoms with van der Waals surface area (Å²) in [5, 5.41) is 0.990. The van der Waals surface area contributed by atoms with E-state index in [1.165, 1.54) is 12.1 Å².